The Hall–Kier alpha value is -2.06. The Kier molecular flexibility index (Phi) is 7.50. The Balaban J connectivity index is 1.41. The van der Waals surface area contributed by atoms with Crippen molar-refractivity contribution in [3.8, 4) is 0 Å². The van der Waals surface area contributed by atoms with E-state index in [1.165, 1.54) is 32.1 Å². The van der Waals surface area contributed by atoms with E-state index in [0.717, 1.165) is 58.4 Å². The van der Waals surface area contributed by atoms with E-state index in [9.17, 15) is 4.79 Å². The molecule has 31 heavy (non-hydrogen) atoms. The molecule has 1 aromatic rings. The van der Waals surface area contributed by atoms with Crippen LogP contribution < -0.4 is 5.32 Å². The van der Waals surface area contributed by atoms with Crippen LogP contribution in [-0.4, -0.2) is 97.7 Å². The Morgan fingerprint density at radius 3 is 2.42 bits per heavy atom. The summed E-state index contributed by atoms with van der Waals surface area (Å²) in [5.41, 5.74) is 0.166. The van der Waals surface area contributed by atoms with Crippen molar-refractivity contribution in [1.29, 1.82) is 0 Å². The molecule has 4 rings (SSSR count). The SMILES string of the molecule is CCNC(=NCC1(N2CCOCC2)CCCCC1)N1CCN(C(=O)c2ccco2)CC1. The maximum atomic E-state index is 12.6. The number of ether oxygens (including phenoxy) is 1. The number of carbonyl (C=O) groups is 1. The number of rotatable bonds is 5. The van der Waals surface area contributed by atoms with Gasteiger partial charge in [0.15, 0.2) is 11.7 Å². The van der Waals surface area contributed by atoms with Crippen LogP contribution >= 0.6 is 0 Å². The highest BCUT2D eigenvalue weighted by molar-refractivity contribution is 5.91. The highest BCUT2D eigenvalue weighted by atomic mass is 16.5. The second-order valence-corrected chi connectivity index (χ2v) is 8.81. The Morgan fingerprint density at radius 1 is 1.06 bits per heavy atom. The van der Waals surface area contributed by atoms with Gasteiger partial charge < -0.3 is 24.3 Å². The van der Waals surface area contributed by atoms with Gasteiger partial charge in [-0.1, -0.05) is 19.3 Å². The van der Waals surface area contributed by atoms with Crippen molar-refractivity contribution < 1.29 is 13.9 Å². The number of morpholine rings is 1. The van der Waals surface area contributed by atoms with Gasteiger partial charge in [-0.3, -0.25) is 14.7 Å². The molecule has 1 aliphatic carbocycles. The molecule has 3 heterocycles. The number of nitrogens with one attached hydrogen (secondary N) is 1. The highest BCUT2D eigenvalue weighted by Crippen LogP contribution is 2.34. The molecular formula is C23H37N5O3. The quantitative estimate of drug-likeness (QED) is 0.568. The number of guanidine groups is 1. The summed E-state index contributed by atoms with van der Waals surface area (Å²) in [6.07, 6.45) is 7.91. The summed E-state index contributed by atoms with van der Waals surface area (Å²) in [5, 5.41) is 3.49. The summed E-state index contributed by atoms with van der Waals surface area (Å²) in [6.45, 7) is 10.4. The van der Waals surface area contributed by atoms with Crippen LogP contribution in [0, 0.1) is 0 Å². The third-order valence-corrected chi connectivity index (χ3v) is 6.92. The minimum atomic E-state index is -0.0277. The molecule has 0 atom stereocenters. The van der Waals surface area contributed by atoms with E-state index in [1.807, 2.05) is 4.90 Å². The van der Waals surface area contributed by atoms with Crippen LogP contribution in [0.2, 0.25) is 0 Å². The van der Waals surface area contributed by atoms with E-state index < -0.39 is 0 Å². The summed E-state index contributed by atoms with van der Waals surface area (Å²) in [4.78, 5) is 24.5. The average Bonchev–Trinajstić information content (AvgIpc) is 3.38. The minimum absolute atomic E-state index is 0.0277. The summed E-state index contributed by atoms with van der Waals surface area (Å²) in [5.74, 6) is 1.37. The van der Waals surface area contributed by atoms with Gasteiger partial charge in [0.2, 0.25) is 0 Å². The van der Waals surface area contributed by atoms with E-state index in [2.05, 4.69) is 22.0 Å². The predicted molar refractivity (Wildman–Crippen MR) is 120 cm³/mol. The largest absolute Gasteiger partial charge is 0.459 e. The first-order valence-corrected chi connectivity index (χ1v) is 11.9. The van der Waals surface area contributed by atoms with Gasteiger partial charge in [0.25, 0.3) is 5.91 Å². The maximum Gasteiger partial charge on any atom is 0.289 e. The predicted octanol–water partition coefficient (Wildman–Crippen LogP) is 2.04. The fourth-order valence-corrected chi connectivity index (χ4v) is 5.15. The van der Waals surface area contributed by atoms with Crippen LogP contribution in [0.5, 0.6) is 0 Å². The van der Waals surface area contributed by atoms with E-state index in [-0.39, 0.29) is 11.4 Å². The summed E-state index contributed by atoms with van der Waals surface area (Å²) >= 11 is 0. The van der Waals surface area contributed by atoms with Gasteiger partial charge in [-0.25, -0.2) is 0 Å². The Morgan fingerprint density at radius 2 is 1.77 bits per heavy atom. The lowest BCUT2D eigenvalue weighted by Gasteiger charge is -2.47. The van der Waals surface area contributed by atoms with Gasteiger partial charge in [0.1, 0.15) is 0 Å². The molecule has 2 saturated heterocycles. The number of carbonyl (C=O) groups excluding carboxylic acids is 1. The van der Waals surface area contributed by atoms with Crippen LogP contribution in [0.1, 0.15) is 49.6 Å². The molecule has 3 aliphatic rings. The average molecular weight is 432 g/mol. The van der Waals surface area contributed by atoms with Crippen LogP contribution in [0.15, 0.2) is 27.8 Å². The van der Waals surface area contributed by atoms with Gasteiger partial charge in [-0.2, -0.15) is 0 Å². The maximum absolute atomic E-state index is 12.6. The zero-order valence-electron chi connectivity index (χ0n) is 18.9. The highest BCUT2D eigenvalue weighted by Gasteiger charge is 2.38. The number of hydrogen-bond donors (Lipinski definition) is 1. The fraction of sp³-hybridized carbons (Fsp3) is 0.739. The summed E-state index contributed by atoms with van der Waals surface area (Å²) in [7, 11) is 0. The molecule has 172 valence electrons. The van der Waals surface area contributed by atoms with Gasteiger partial charge >= 0.3 is 0 Å². The molecule has 2 aliphatic heterocycles. The number of nitrogens with zero attached hydrogens (tertiary/aromatic N) is 4. The van der Waals surface area contributed by atoms with Crippen LogP contribution in [0.25, 0.3) is 0 Å². The first-order chi connectivity index (χ1) is 15.2. The monoisotopic (exact) mass is 431 g/mol. The number of piperazine rings is 1. The molecule has 1 aromatic heterocycles. The van der Waals surface area contributed by atoms with Gasteiger partial charge in [0.05, 0.1) is 26.0 Å². The zero-order valence-corrected chi connectivity index (χ0v) is 18.9. The first kappa shape index (κ1) is 22.1. The normalized spacial score (nSPS) is 23.1. The molecule has 8 nitrogen and oxygen atoms in total. The van der Waals surface area contributed by atoms with Crippen molar-refractivity contribution in [3.05, 3.63) is 24.2 Å². The number of aliphatic imine (C=N–C) groups is 1. The molecule has 0 aromatic carbocycles. The Bertz CT molecular complexity index is 716. The lowest BCUT2D eigenvalue weighted by atomic mass is 9.80. The number of amides is 1. The molecule has 8 heteroatoms. The zero-order chi connectivity index (χ0) is 21.5. The van der Waals surface area contributed by atoms with Crippen LogP contribution in [0.4, 0.5) is 0 Å². The van der Waals surface area contributed by atoms with Gasteiger partial charge in [0, 0.05) is 51.4 Å². The standard InChI is InChI=1S/C23H37N5O3/c1-2-24-22(27-12-10-26(11-13-27)21(29)20-7-6-16-31-20)25-19-23(8-4-3-5-9-23)28-14-17-30-18-15-28/h6-7,16H,2-5,8-15,17-19H2,1H3,(H,24,25). The number of furan rings is 1. The topological polar surface area (TPSA) is 73.6 Å². The van der Waals surface area contributed by atoms with Gasteiger partial charge in [-0.15, -0.1) is 0 Å². The minimum Gasteiger partial charge on any atom is -0.459 e. The molecular weight excluding hydrogens is 394 g/mol. The van der Waals surface area contributed by atoms with Gasteiger partial charge in [-0.05, 0) is 31.9 Å². The lowest BCUT2D eigenvalue weighted by Crippen LogP contribution is -2.57. The van der Waals surface area contributed by atoms with Crippen LogP contribution in [0.3, 0.4) is 0 Å². The van der Waals surface area contributed by atoms with E-state index in [0.29, 0.717) is 18.8 Å². The van der Waals surface area contributed by atoms with E-state index >= 15 is 0 Å². The van der Waals surface area contributed by atoms with Crippen molar-refractivity contribution in [1.82, 2.24) is 20.0 Å². The molecule has 1 amide bonds. The lowest BCUT2D eigenvalue weighted by molar-refractivity contribution is -0.0334. The first-order valence-electron chi connectivity index (χ1n) is 11.9. The summed E-state index contributed by atoms with van der Waals surface area (Å²) in [6, 6.07) is 3.49. The third-order valence-electron chi connectivity index (χ3n) is 6.92. The molecule has 0 bridgehead atoms. The van der Waals surface area contributed by atoms with E-state index in [4.69, 9.17) is 14.1 Å². The smallest absolute Gasteiger partial charge is 0.289 e. The van der Waals surface area contributed by atoms with Crippen molar-refractivity contribution in [2.24, 2.45) is 4.99 Å². The Labute approximate surface area is 185 Å². The molecule has 3 fully saturated rings. The fourth-order valence-electron chi connectivity index (χ4n) is 5.15. The number of hydrogen-bond acceptors (Lipinski definition) is 5. The molecule has 0 radical (unpaired) electrons. The van der Waals surface area contributed by atoms with Crippen LogP contribution in [-0.2, 0) is 4.74 Å². The van der Waals surface area contributed by atoms with Crippen molar-refractivity contribution in [2.45, 2.75) is 44.6 Å². The van der Waals surface area contributed by atoms with Crippen molar-refractivity contribution >= 4 is 11.9 Å². The molecule has 0 spiro atoms. The van der Waals surface area contributed by atoms with Crippen molar-refractivity contribution in [2.75, 3.05) is 65.6 Å². The molecule has 0 unspecified atom stereocenters. The second-order valence-electron chi connectivity index (χ2n) is 8.81. The van der Waals surface area contributed by atoms with Crippen molar-refractivity contribution in [3.63, 3.8) is 0 Å². The molecule has 1 N–H and O–H groups in total. The second kappa shape index (κ2) is 10.5. The molecule has 1 saturated carbocycles. The third kappa shape index (κ3) is 5.23. The summed E-state index contributed by atoms with van der Waals surface area (Å²) < 4.78 is 10.9. The van der Waals surface area contributed by atoms with E-state index in [1.54, 1.807) is 18.4 Å².